The smallest absolute Gasteiger partial charge is 0.282 e. The normalized spacial score (nSPS) is 19.8. The Bertz CT molecular complexity index is 452. The highest BCUT2D eigenvalue weighted by Crippen LogP contribution is 2.19. The number of amidine groups is 1. The first-order valence-corrected chi connectivity index (χ1v) is 8.23. The molecule has 3 N–H and O–H groups in total. The van der Waals surface area contributed by atoms with Gasteiger partial charge in [0.25, 0.3) is 10.2 Å². The Balaban J connectivity index is 2.75. The van der Waals surface area contributed by atoms with Gasteiger partial charge in [0.15, 0.2) is 0 Å². The molecule has 0 aromatic heterocycles. The molecule has 20 heavy (non-hydrogen) atoms. The molecular formula is C12H27N5O2S. The molecule has 1 aliphatic rings. The maximum atomic E-state index is 12.4. The summed E-state index contributed by atoms with van der Waals surface area (Å²) >= 11 is 0. The van der Waals surface area contributed by atoms with E-state index in [-0.39, 0.29) is 11.9 Å². The quantitative estimate of drug-likeness (QED) is 0.548. The third-order valence-electron chi connectivity index (χ3n) is 4.11. The standard InChI is InChI=1S/C12H27N5O2S/c1-10(2)15(5)20(18,19)17-8-6-16(7-9-17)12(3,4)11(13)14/h10H,6-9H2,1-5H3,(H3,13,14). The van der Waals surface area contributed by atoms with Gasteiger partial charge < -0.3 is 5.73 Å². The predicted octanol–water partition coefficient (Wildman–Crippen LogP) is -0.0964. The van der Waals surface area contributed by atoms with Crippen LogP contribution in [0.5, 0.6) is 0 Å². The Morgan fingerprint density at radius 1 is 1.25 bits per heavy atom. The average Bonchev–Trinajstić information content (AvgIpc) is 2.37. The van der Waals surface area contributed by atoms with E-state index in [9.17, 15) is 8.42 Å². The minimum absolute atomic E-state index is 0.0632. The molecule has 118 valence electrons. The van der Waals surface area contributed by atoms with Crippen molar-refractivity contribution in [3.8, 4) is 0 Å². The van der Waals surface area contributed by atoms with Crippen molar-refractivity contribution < 1.29 is 8.42 Å². The number of piperazine rings is 1. The lowest BCUT2D eigenvalue weighted by molar-refractivity contribution is 0.118. The minimum Gasteiger partial charge on any atom is -0.386 e. The van der Waals surface area contributed by atoms with E-state index in [2.05, 4.69) is 4.90 Å². The van der Waals surface area contributed by atoms with E-state index in [1.807, 2.05) is 27.7 Å². The van der Waals surface area contributed by atoms with Crippen molar-refractivity contribution in [2.45, 2.75) is 39.3 Å². The average molecular weight is 305 g/mol. The molecule has 0 bridgehead atoms. The second-order valence-corrected chi connectivity index (χ2v) is 7.96. The summed E-state index contributed by atoms with van der Waals surface area (Å²) in [6, 6.07) is -0.0632. The summed E-state index contributed by atoms with van der Waals surface area (Å²) in [5, 5.41) is 7.63. The molecule has 1 fully saturated rings. The fourth-order valence-corrected chi connectivity index (χ4v) is 3.62. The molecule has 1 aliphatic heterocycles. The minimum atomic E-state index is -3.40. The summed E-state index contributed by atoms with van der Waals surface area (Å²) in [6.07, 6.45) is 0. The van der Waals surface area contributed by atoms with Crippen LogP contribution in [0, 0.1) is 5.41 Å². The number of rotatable bonds is 5. The van der Waals surface area contributed by atoms with Gasteiger partial charge in [0.2, 0.25) is 0 Å². The second-order valence-electron chi connectivity index (χ2n) is 5.98. The molecule has 0 spiro atoms. The van der Waals surface area contributed by atoms with Crippen molar-refractivity contribution in [1.29, 1.82) is 5.41 Å². The van der Waals surface area contributed by atoms with E-state index in [1.165, 1.54) is 8.61 Å². The SMILES string of the molecule is CC(C)N(C)S(=O)(=O)N1CCN(C(C)(C)C(=N)N)CC1. The Hall–Kier alpha value is -0.700. The van der Waals surface area contributed by atoms with Gasteiger partial charge in [0.1, 0.15) is 5.84 Å². The van der Waals surface area contributed by atoms with Crippen molar-refractivity contribution in [2.24, 2.45) is 5.73 Å². The van der Waals surface area contributed by atoms with Crippen LogP contribution in [0.2, 0.25) is 0 Å². The molecule has 0 aromatic carbocycles. The van der Waals surface area contributed by atoms with Crippen molar-refractivity contribution >= 4 is 16.0 Å². The van der Waals surface area contributed by atoms with Crippen LogP contribution in [-0.4, -0.2) is 72.6 Å². The summed E-state index contributed by atoms with van der Waals surface area (Å²) in [4.78, 5) is 2.05. The van der Waals surface area contributed by atoms with E-state index in [4.69, 9.17) is 11.1 Å². The van der Waals surface area contributed by atoms with E-state index in [1.54, 1.807) is 7.05 Å². The maximum absolute atomic E-state index is 12.4. The second kappa shape index (κ2) is 5.97. The first-order valence-electron chi connectivity index (χ1n) is 6.84. The zero-order valence-corrected chi connectivity index (χ0v) is 13.9. The monoisotopic (exact) mass is 305 g/mol. The van der Waals surface area contributed by atoms with Crippen molar-refractivity contribution in [1.82, 2.24) is 13.5 Å². The Morgan fingerprint density at radius 2 is 1.70 bits per heavy atom. The summed E-state index contributed by atoms with van der Waals surface area (Å²) in [5.41, 5.74) is 5.08. The van der Waals surface area contributed by atoms with Crippen molar-refractivity contribution in [3.05, 3.63) is 0 Å². The van der Waals surface area contributed by atoms with Crippen LogP contribution in [0.4, 0.5) is 0 Å². The van der Waals surface area contributed by atoms with Gasteiger partial charge in [-0.1, -0.05) is 0 Å². The molecule has 0 unspecified atom stereocenters. The largest absolute Gasteiger partial charge is 0.386 e. The van der Waals surface area contributed by atoms with Crippen LogP contribution in [0.15, 0.2) is 0 Å². The van der Waals surface area contributed by atoms with Crippen LogP contribution in [0.25, 0.3) is 0 Å². The summed E-state index contributed by atoms with van der Waals surface area (Å²) < 4.78 is 27.7. The lowest BCUT2D eigenvalue weighted by Gasteiger charge is -2.43. The third kappa shape index (κ3) is 3.30. The Labute approximate surface area is 122 Å². The number of nitrogens with one attached hydrogen (secondary N) is 1. The van der Waals surface area contributed by atoms with Gasteiger partial charge in [-0.25, -0.2) is 0 Å². The van der Waals surface area contributed by atoms with E-state index in [0.29, 0.717) is 26.2 Å². The molecule has 1 rings (SSSR count). The van der Waals surface area contributed by atoms with Gasteiger partial charge in [-0.2, -0.15) is 17.0 Å². The number of nitrogens with zero attached hydrogens (tertiary/aromatic N) is 3. The highest BCUT2D eigenvalue weighted by atomic mass is 32.2. The molecule has 0 aromatic rings. The molecule has 0 saturated carbocycles. The van der Waals surface area contributed by atoms with Crippen molar-refractivity contribution in [3.63, 3.8) is 0 Å². The van der Waals surface area contributed by atoms with Gasteiger partial charge in [-0.15, -0.1) is 0 Å². The molecule has 0 radical (unpaired) electrons. The molecule has 1 saturated heterocycles. The number of hydrogen-bond acceptors (Lipinski definition) is 4. The summed E-state index contributed by atoms with van der Waals surface area (Å²) in [5.74, 6) is 0.105. The van der Waals surface area contributed by atoms with Gasteiger partial charge in [0, 0.05) is 39.3 Å². The lowest BCUT2D eigenvalue weighted by Crippen LogP contribution is -2.61. The van der Waals surface area contributed by atoms with Crippen LogP contribution >= 0.6 is 0 Å². The molecular weight excluding hydrogens is 278 g/mol. The van der Waals surface area contributed by atoms with Gasteiger partial charge in [0.05, 0.1) is 5.54 Å². The molecule has 8 heteroatoms. The number of nitrogens with two attached hydrogens (primary N) is 1. The first-order chi connectivity index (χ1) is 9.01. The van der Waals surface area contributed by atoms with Crippen LogP contribution in [0.3, 0.4) is 0 Å². The van der Waals surface area contributed by atoms with E-state index >= 15 is 0 Å². The summed E-state index contributed by atoms with van der Waals surface area (Å²) in [7, 11) is -1.79. The van der Waals surface area contributed by atoms with E-state index in [0.717, 1.165) is 0 Å². The fourth-order valence-electron chi connectivity index (χ4n) is 2.10. The van der Waals surface area contributed by atoms with Gasteiger partial charge >= 0.3 is 0 Å². The van der Waals surface area contributed by atoms with Crippen LogP contribution < -0.4 is 5.73 Å². The Kier molecular flexibility index (Phi) is 5.18. The third-order valence-corrected chi connectivity index (χ3v) is 6.27. The maximum Gasteiger partial charge on any atom is 0.282 e. The van der Waals surface area contributed by atoms with Gasteiger partial charge in [-0.05, 0) is 27.7 Å². The Morgan fingerprint density at radius 3 is 2.05 bits per heavy atom. The van der Waals surface area contributed by atoms with Gasteiger partial charge in [-0.3, -0.25) is 10.3 Å². The molecule has 1 heterocycles. The molecule has 7 nitrogen and oxygen atoms in total. The molecule has 0 amide bonds. The fraction of sp³-hybridized carbons (Fsp3) is 0.917. The summed E-state index contributed by atoms with van der Waals surface area (Å²) in [6.45, 7) is 9.50. The topological polar surface area (TPSA) is 93.7 Å². The zero-order chi connectivity index (χ0) is 15.7. The first kappa shape index (κ1) is 17.4. The van der Waals surface area contributed by atoms with Crippen LogP contribution in [-0.2, 0) is 10.2 Å². The zero-order valence-electron chi connectivity index (χ0n) is 13.0. The molecule has 0 aliphatic carbocycles. The highest BCUT2D eigenvalue weighted by molar-refractivity contribution is 7.86. The molecule has 0 atom stereocenters. The van der Waals surface area contributed by atoms with Crippen LogP contribution in [0.1, 0.15) is 27.7 Å². The van der Waals surface area contributed by atoms with E-state index < -0.39 is 15.7 Å². The number of hydrogen-bond donors (Lipinski definition) is 2. The predicted molar refractivity (Wildman–Crippen MR) is 81.0 cm³/mol. The van der Waals surface area contributed by atoms with Crippen molar-refractivity contribution in [2.75, 3.05) is 33.2 Å². The highest BCUT2D eigenvalue weighted by Gasteiger charge is 2.37. The lowest BCUT2D eigenvalue weighted by atomic mass is 10.0.